The Morgan fingerprint density at radius 1 is 1.33 bits per heavy atom. The molecule has 0 aromatic heterocycles. The van der Waals surface area contributed by atoms with E-state index in [9.17, 15) is 9.59 Å². The Bertz CT molecular complexity index is 207. The number of amides is 1. The molecule has 0 saturated heterocycles. The number of methoxy groups -OCH3 is 2. The Morgan fingerprint density at radius 2 is 2.00 bits per heavy atom. The van der Waals surface area contributed by atoms with Gasteiger partial charge in [0.05, 0.1) is 19.1 Å². The van der Waals surface area contributed by atoms with Gasteiger partial charge in [0.2, 0.25) is 5.91 Å². The highest BCUT2D eigenvalue weighted by Crippen LogP contribution is 1.91. The minimum absolute atomic E-state index is 0.0151. The number of hydrogen-bond acceptors (Lipinski definition) is 4. The largest absolute Gasteiger partial charge is 0.481 e. The van der Waals surface area contributed by atoms with Crippen LogP contribution in [0.5, 0.6) is 0 Å². The minimum atomic E-state index is -0.981. The van der Waals surface area contributed by atoms with E-state index in [2.05, 4.69) is 5.32 Å². The number of nitrogens with one attached hydrogen (secondary N) is 1. The van der Waals surface area contributed by atoms with Crippen molar-refractivity contribution < 1.29 is 24.2 Å². The molecule has 0 aliphatic heterocycles. The quantitative estimate of drug-likeness (QED) is 0.581. The normalized spacial score (nSPS) is 12.1. The Hall–Kier alpha value is -1.14. The second-order valence-corrected chi connectivity index (χ2v) is 3.01. The van der Waals surface area contributed by atoms with Gasteiger partial charge in [-0.25, -0.2) is 0 Å². The number of carbonyl (C=O) groups excluding carboxylic acids is 1. The molecule has 0 saturated carbocycles. The first kappa shape index (κ1) is 13.9. The Morgan fingerprint density at radius 3 is 2.47 bits per heavy atom. The van der Waals surface area contributed by atoms with E-state index in [0.717, 1.165) is 0 Å². The molecule has 1 amide bonds. The van der Waals surface area contributed by atoms with Crippen LogP contribution in [0.4, 0.5) is 0 Å². The fourth-order valence-corrected chi connectivity index (χ4v) is 0.933. The summed E-state index contributed by atoms with van der Waals surface area (Å²) in [4.78, 5) is 21.3. The average Bonchev–Trinajstić information content (AvgIpc) is 2.21. The zero-order chi connectivity index (χ0) is 11.7. The van der Waals surface area contributed by atoms with Crippen molar-refractivity contribution in [3.8, 4) is 0 Å². The molecule has 15 heavy (non-hydrogen) atoms. The van der Waals surface area contributed by atoms with Gasteiger partial charge >= 0.3 is 5.97 Å². The van der Waals surface area contributed by atoms with E-state index in [-0.39, 0.29) is 24.9 Å². The molecule has 0 bridgehead atoms. The van der Waals surface area contributed by atoms with Crippen LogP contribution in [0.15, 0.2) is 0 Å². The zero-order valence-electron chi connectivity index (χ0n) is 8.99. The van der Waals surface area contributed by atoms with Crippen LogP contribution in [0.1, 0.15) is 12.8 Å². The number of rotatable bonds is 8. The predicted octanol–water partition coefficient (Wildman–Crippen LogP) is -0.371. The molecule has 0 aromatic rings. The number of carbonyl (C=O) groups is 2. The standard InChI is InChI=1S/C9H17NO5/c1-14-6-7(15-2)5-10-8(11)3-4-9(12)13/h7H,3-6H2,1-2H3,(H,10,11)(H,12,13). The van der Waals surface area contributed by atoms with Gasteiger partial charge in [0.1, 0.15) is 0 Å². The number of ether oxygens (including phenoxy) is 2. The van der Waals surface area contributed by atoms with Crippen LogP contribution in [-0.4, -0.2) is 50.5 Å². The second-order valence-electron chi connectivity index (χ2n) is 3.01. The highest BCUT2D eigenvalue weighted by Gasteiger charge is 2.09. The second kappa shape index (κ2) is 8.19. The molecule has 1 atom stereocenters. The zero-order valence-corrected chi connectivity index (χ0v) is 8.99. The van der Waals surface area contributed by atoms with Gasteiger partial charge in [-0.3, -0.25) is 9.59 Å². The molecule has 0 aromatic carbocycles. The summed E-state index contributed by atoms with van der Waals surface area (Å²) in [6, 6.07) is 0. The van der Waals surface area contributed by atoms with Gasteiger partial charge < -0.3 is 19.9 Å². The van der Waals surface area contributed by atoms with E-state index in [1.807, 2.05) is 0 Å². The summed E-state index contributed by atoms with van der Waals surface area (Å²) in [5.41, 5.74) is 0. The SMILES string of the molecule is COCC(CNC(=O)CCC(=O)O)OC. The number of carboxylic acids is 1. The maximum atomic E-state index is 11.1. The first-order valence-electron chi connectivity index (χ1n) is 4.60. The monoisotopic (exact) mass is 219 g/mol. The Labute approximate surface area is 88.6 Å². The Kier molecular flexibility index (Phi) is 7.57. The van der Waals surface area contributed by atoms with Crippen LogP contribution >= 0.6 is 0 Å². The van der Waals surface area contributed by atoms with Crippen LogP contribution in [0.3, 0.4) is 0 Å². The van der Waals surface area contributed by atoms with Crippen molar-refractivity contribution in [3.63, 3.8) is 0 Å². The van der Waals surface area contributed by atoms with Gasteiger partial charge in [-0.05, 0) is 0 Å². The van der Waals surface area contributed by atoms with Gasteiger partial charge in [0, 0.05) is 27.2 Å². The van der Waals surface area contributed by atoms with Crippen molar-refractivity contribution in [2.75, 3.05) is 27.4 Å². The lowest BCUT2D eigenvalue weighted by atomic mass is 10.3. The molecule has 6 nitrogen and oxygen atoms in total. The van der Waals surface area contributed by atoms with E-state index >= 15 is 0 Å². The number of hydrogen-bond donors (Lipinski definition) is 2. The highest BCUT2D eigenvalue weighted by atomic mass is 16.5. The summed E-state index contributed by atoms with van der Waals surface area (Å²) in [7, 11) is 3.06. The van der Waals surface area contributed by atoms with E-state index in [1.165, 1.54) is 14.2 Å². The lowest BCUT2D eigenvalue weighted by molar-refractivity contribution is -0.138. The van der Waals surface area contributed by atoms with E-state index in [4.69, 9.17) is 14.6 Å². The van der Waals surface area contributed by atoms with Gasteiger partial charge in [-0.1, -0.05) is 0 Å². The molecule has 0 spiro atoms. The maximum absolute atomic E-state index is 11.1. The summed E-state index contributed by atoms with van der Waals surface area (Å²) in [6.07, 6.45) is -0.379. The lowest BCUT2D eigenvalue weighted by Crippen LogP contribution is -2.35. The van der Waals surface area contributed by atoms with E-state index in [1.54, 1.807) is 0 Å². The molecule has 0 fully saturated rings. The molecule has 88 valence electrons. The maximum Gasteiger partial charge on any atom is 0.303 e. The molecular weight excluding hydrogens is 202 g/mol. The molecule has 0 aliphatic rings. The van der Waals surface area contributed by atoms with Crippen LogP contribution in [0.2, 0.25) is 0 Å². The lowest BCUT2D eigenvalue weighted by Gasteiger charge is -2.14. The van der Waals surface area contributed by atoms with Gasteiger partial charge in [-0.2, -0.15) is 0 Å². The van der Waals surface area contributed by atoms with Crippen molar-refractivity contribution in [1.82, 2.24) is 5.32 Å². The molecule has 6 heteroatoms. The molecule has 0 rings (SSSR count). The molecule has 0 aliphatic carbocycles. The summed E-state index contributed by atoms with van der Waals surface area (Å²) in [5.74, 6) is -1.28. The summed E-state index contributed by atoms with van der Waals surface area (Å²) < 4.78 is 9.87. The minimum Gasteiger partial charge on any atom is -0.481 e. The number of carboxylic acid groups (broad SMARTS) is 1. The first-order chi connectivity index (χ1) is 7.10. The fraction of sp³-hybridized carbons (Fsp3) is 0.778. The van der Waals surface area contributed by atoms with Crippen LogP contribution < -0.4 is 5.32 Å². The fourth-order valence-electron chi connectivity index (χ4n) is 0.933. The van der Waals surface area contributed by atoms with E-state index < -0.39 is 5.97 Å². The molecule has 0 radical (unpaired) electrons. The van der Waals surface area contributed by atoms with Crippen LogP contribution in [-0.2, 0) is 19.1 Å². The number of aliphatic carboxylic acids is 1. The van der Waals surface area contributed by atoms with Crippen molar-refractivity contribution in [2.24, 2.45) is 0 Å². The third-order valence-electron chi connectivity index (χ3n) is 1.78. The third-order valence-corrected chi connectivity index (χ3v) is 1.78. The third kappa shape index (κ3) is 7.90. The van der Waals surface area contributed by atoms with Gasteiger partial charge in [0.15, 0.2) is 0 Å². The molecule has 1 unspecified atom stereocenters. The predicted molar refractivity (Wildman–Crippen MR) is 52.6 cm³/mol. The topological polar surface area (TPSA) is 84.9 Å². The summed E-state index contributed by atoms with van der Waals surface area (Å²) in [6.45, 7) is 0.707. The smallest absolute Gasteiger partial charge is 0.303 e. The Balaban J connectivity index is 3.63. The first-order valence-corrected chi connectivity index (χ1v) is 4.60. The van der Waals surface area contributed by atoms with Crippen molar-refractivity contribution in [1.29, 1.82) is 0 Å². The summed E-state index contributed by atoms with van der Waals surface area (Å²) in [5, 5.41) is 10.9. The van der Waals surface area contributed by atoms with Crippen LogP contribution in [0, 0.1) is 0 Å². The molecule has 0 heterocycles. The van der Waals surface area contributed by atoms with E-state index in [0.29, 0.717) is 13.2 Å². The average molecular weight is 219 g/mol. The van der Waals surface area contributed by atoms with Crippen molar-refractivity contribution in [3.05, 3.63) is 0 Å². The highest BCUT2D eigenvalue weighted by molar-refractivity contribution is 5.80. The molecular formula is C9H17NO5. The van der Waals surface area contributed by atoms with Gasteiger partial charge in [0.25, 0.3) is 0 Å². The van der Waals surface area contributed by atoms with Gasteiger partial charge in [-0.15, -0.1) is 0 Å². The molecule has 2 N–H and O–H groups in total. The van der Waals surface area contributed by atoms with Crippen molar-refractivity contribution in [2.45, 2.75) is 18.9 Å². The van der Waals surface area contributed by atoms with Crippen LogP contribution in [0.25, 0.3) is 0 Å². The van der Waals surface area contributed by atoms with Crippen molar-refractivity contribution >= 4 is 11.9 Å². The summed E-state index contributed by atoms with van der Waals surface area (Å²) >= 11 is 0.